The quantitative estimate of drug-likeness (QED) is 0.530. The monoisotopic (exact) mass is 488 g/mol. The molecule has 3 rings (SSSR count). The second-order valence-corrected chi connectivity index (χ2v) is 7.62. The molecule has 1 heterocycles. The Bertz CT molecular complexity index is 1240. The second kappa shape index (κ2) is 7.74. The van der Waals surface area contributed by atoms with E-state index in [-0.39, 0.29) is 17.7 Å². The molecule has 0 saturated heterocycles. The number of rotatable bonds is 4. The maximum atomic E-state index is 14.2. The third-order valence-corrected chi connectivity index (χ3v) is 4.84. The van der Waals surface area contributed by atoms with Crippen molar-refractivity contribution in [3.05, 3.63) is 53.8 Å². The lowest BCUT2D eigenvalue weighted by molar-refractivity contribution is -0.274. The van der Waals surface area contributed by atoms with Crippen LogP contribution in [0.4, 0.5) is 35.1 Å². The normalized spacial score (nSPS) is 12.8. The summed E-state index contributed by atoms with van der Waals surface area (Å²) in [4.78, 5) is -1.57. The highest BCUT2D eigenvalue weighted by atomic mass is 32.2. The van der Waals surface area contributed by atoms with Crippen molar-refractivity contribution in [2.24, 2.45) is 5.14 Å². The number of benzene rings is 2. The summed E-state index contributed by atoms with van der Waals surface area (Å²) in [6.45, 7) is 0. The molecule has 1 aromatic heterocycles. The first-order valence-corrected chi connectivity index (χ1v) is 9.58. The van der Waals surface area contributed by atoms with Gasteiger partial charge in [-0.25, -0.2) is 22.3 Å². The highest BCUT2D eigenvalue weighted by molar-refractivity contribution is 7.89. The van der Waals surface area contributed by atoms with Crippen LogP contribution >= 0.6 is 0 Å². The maximum Gasteiger partial charge on any atom is 0.573 e. The van der Waals surface area contributed by atoms with Gasteiger partial charge in [0.05, 0.1) is 5.56 Å². The van der Waals surface area contributed by atoms with Crippen molar-refractivity contribution < 1.29 is 52.8 Å². The van der Waals surface area contributed by atoms with E-state index >= 15 is 0 Å². The van der Waals surface area contributed by atoms with E-state index in [9.17, 15) is 43.5 Å². The summed E-state index contributed by atoms with van der Waals surface area (Å²) in [7, 11) is -4.89. The minimum atomic E-state index is -5.20. The van der Waals surface area contributed by atoms with Crippen LogP contribution in [-0.4, -0.2) is 19.9 Å². The van der Waals surface area contributed by atoms with Crippen LogP contribution in [0.2, 0.25) is 0 Å². The van der Waals surface area contributed by atoms with Crippen LogP contribution in [-0.2, 0) is 16.2 Å². The van der Waals surface area contributed by atoms with Crippen LogP contribution in [0.5, 0.6) is 5.75 Å². The first-order valence-electron chi connectivity index (χ1n) is 8.03. The van der Waals surface area contributed by atoms with Gasteiger partial charge in [-0.3, -0.25) is 0 Å². The number of primary sulfonamides is 1. The smallest absolute Gasteiger partial charge is 0.406 e. The zero-order valence-corrected chi connectivity index (χ0v) is 15.9. The molecule has 0 aliphatic heterocycles. The number of nitrogens with zero attached hydrogens (tertiary/aromatic N) is 1. The van der Waals surface area contributed by atoms with Crippen LogP contribution < -0.4 is 9.88 Å². The molecule has 0 unspecified atom stereocenters. The molecule has 32 heavy (non-hydrogen) atoms. The average Bonchev–Trinajstić information content (AvgIpc) is 3.04. The highest BCUT2D eigenvalue weighted by Crippen LogP contribution is 2.43. The minimum absolute atomic E-state index is 0.231. The summed E-state index contributed by atoms with van der Waals surface area (Å²) in [6.07, 6.45) is -10.2. The Morgan fingerprint density at radius 3 is 1.88 bits per heavy atom. The lowest BCUT2D eigenvalue weighted by Crippen LogP contribution is -2.16. The molecule has 0 bridgehead atoms. The molecule has 0 radical (unpaired) electrons. The molecule has 0 saturated carbocycles. The van der Waals surface area contributed by atoms with Crippen LogP contribution in [0.1, 0.15) is 5.76 Å². The Labute approximate surface area is 173 Å². The van der Waals surface area contributed by atoms with Crippen molar-refractivity contribution in [1.29, 1.82) is 0 Å². The lowest BCUT2D eigenvalue weighted by atomic mass is 9.98. The molecular formula is C17H8F8N2O4S. The minimum Gasteiger partial charge on any atom is -0.406 e. The lowest BCUT2D eigenvalue weighted by Gasteiger charge is -2.11. The number of nitrogens with two attached hydrogens (primary N) is 1. The predicted octanol–water partition coefficient (Wildman–Crippen LogP) is 4.85. The SMILES string of the molecule is NS(=O)(=O)c1c(F)cc(-c2c(-c3ccc(OC(F)(F)F)cc3)noc2C(F)(F)F)cc1F. The van der Waals surface area contributed by atoms with E-state index in [1.165, 1.54) is 0 Å². The van der Waals surface area contributed by atoms with Gasteiger partial charge in [0.15, 0.2) is 4.90 Å². The largest absolute Gasteiger partial charge is 0.573 e. The van der Waals surface area contributed by atoms with Gasteiger partial charge in [0.1, 0.15) is 23.1 Å². The molecule has 0 atom stereocenters. The molecule has 6 nitrogen and oxygen atoms in total. The molecule has 0 aliphatic carbocycles. The fourth-order valence-electron chi connectivity index (χ4n) is 2.74. The van der Waals surface area contributed by atoms with E-state index in [0.29, 0.717) is 0 Å². The second-order valence-electron chi connectivity index (χ2n) is 6.12. The predicted molar refractivity (Wildman–Crippen MR) is 90.3 cm³/mol. The van der Waals surface area contributed by atoms with Crippen molar-refractivity contribution in [1.82, 2.24) is 5.16 Å². The number of aromatic nitrogens is 1. The van der Waals surface area contributed by atoms with E-state index in [2.05, 4.69) is 14.4 Å². The third-order valence-electron chi connectivity index (χ3n) is 3.88. The molecule has 0 amide bonds. The first-order chi connectivity index (χ1) is 14.6. The van der Waals surface area contributed by atoms with Gasteiger partial charge in [-0.1, -0.05) is 5.16 Å². The molecule has 0 aliphatic rings. The molecular weight excluding hydrogens is 480 g/mol. The number of sulfonamides is 1. The molecule has 3 aromatic rings. The van der Waals surface area contributed by atoms with Crippen LogP contribution in [0.25, 0.3) is 22.4 Å². The summed E-state index contributed by atoms with van der Waals surface area (Å²) < 4.78 is 136. The standard InChI is InChI=1S/C17H8F8N2O4S/c18-10-5-8(6-11(19)14(10)32(26,28)29)12-13(27-31-15(12)16(20,21)22)7-1-3-9(4-2-7)30-17(23,24)25/h1-6H,(H2,26,28,29). The van der Waals surface area contributed by atoms with Gasteiger partial charge in [0.25, 0.3) is 0 Å². The van der Waals surface area contributed by atoms with Crippen molar-refractivity contribution in [2.45, 2.75) is 17.4 Å². The van der Waals surface area contributed by atoms with Crippen molar-refractivity contribution >= 4 is 10.0 Å². The zero-order valence-electron chi connectivity index (χ0n) is 15.1. The first kappa shape index (κ1) is 23.5. The topological polar surface area (TPSA) is 95.4 Å². The van der Waals surface area contributed by atoms with Crippen LogP contribution in [0.15, 0.2) is 45.8 Å². The highest BCUT2D eigenvalue weighted by Gasteiger charge is 2.41. The fourth-order valence-corrected chi connectivity index (χ4v) is 3.40. The number of hydrogen-bond donors (Lipinski definition) is 1. The van der Waals surface area contributed by atoms with Crippen LogP contribution in [0.3, 0.4) is 0 Å². The van der Waals surface area contributed by atoms with Gasteiger partial charge in [-0.2, -0.15) is 13.2 Å². The Kier molecular flexibility index (Phi) is 5.67. The summed E-state index contributed by atoms with van der Waals surface area (Å²) in [5, 5.41) is 7.91. The number of alkyl halides is 6. The van der Waals surface area contributed by atoms with Gasteiger partial charge in [-0.05, 0) is 42.0 Å². The number of halogens is 8. The molecule has 2 aromatic carbocycles. The molecule has 15 heteroatoms. The van der Waals surface area contributed by atoms with E-state index in [1.54, 1.807) is 0 Å². The van der Waals surface area contributed by atoms with Gasteiger partial charge in [0.2, 0.25) is 15.8 Å². The van der Waals surface area contributed by atoms with Crippen molar-refractivity contribution in [2.75, 3.05) is 0 Å². The number of hydrogen-bond acceptors (Lipinski definition) is 5. The van der Waals surface area contributed by atoms with Crippen molar-refractivity contribution in [3.8, 4) is 28.1 Å². The average molecular weight is 488 g/mol. The summed E-state index contributed by atoms with van der Waals surface area (Å²) in [5.74, 6) is -6.05. The molecule has 0 fully saturated rings. The molecule has 0 spiro atoms. The van der Waals surface area contributed by atoms with E-state index in [4.69, 9.17) is 5.14 Å². The number of ether oxygens (including phenoxy) is 1. The fraction of sp³-hybridized carbons (Fsp3) is 0.118. The van der Waals surface area contributed by atoms with Gasteiger partial charge in [0, 0.05) is 5.56 Å². The van der Waals surface area contributed by atoms with Gasteiger partial charge >= 0.3 is 12.5 Å². The van der Waals surface area contributed by atoms with Crippen molar-refractivity contribution in [3.63, 3.8) is 0 Å². The summed E-state index contributed by atoms with van der Waals surface area (Å²) in [6, 6.07) is 3.87. The van der Waals surface area contributed by atoms with Gasteiger partial charge < -0.3 is 9.26 Å². The Morgan fingerprint density at radius 2 is 1.44 bits per heavy atom. The summed E-state index contributed by atoms with van der Waals surface area (Å²) in [5.41, 5.74) is -2.67. The molecule has 172 valence electrons. The van der Waals surface area contributed by atoms with E-state index in [0.717, 1.165) is 24.3 Å². The van der Waals surface area contributed by atoms with Gasteiger partial charge in [-0.15, -0.1) is 13.2 Å². The Morgan fingerprint density at radius 1 is 0.906 bits per heavy atom. The maximum absolute atomic E-state index is 14.2. The van der Waals surface area contributed by atoms with Crippen LogP contribution in [0, 0.1) is 11.6 Å². The summed E-state index contributed by atoms with van der Waals surface area (Å²) >= 11 is 0. The third kappa shape index (κ3) is 4.83. The Balaban J connectivity index is 2.20. The zero-order chi connectivity index (χ0) is 24.1. The molecule has 2 N–H and O–H groups in total. The van der Waals surface area contributed by atoms with E-state index < -0.39 is 67.4 Å². The Hall–Kier alpha value is -3.20. The van der Waals surface area contributed by atoms with E-state index in [1.807, 2.05) is 0 Å².